The van der Waals surface area contributed by atoms with E-state index in [9.17, 15) is 88.2 Å². The highest BCUT2D eigenvalue weighted by atomic mass is 19.4. The van der Waals surface area contributed by atoms with Crippen molar-refractivity contribution in [2.75, 3.05) is 0 Å². The maximum absolute atomic E-state index is 13.2. The SMILES string of the molecule is O=C(O)C(F)(F)C(F)(F)C(F)(F)C(F)(F)C(F)(F)C(F)(F)C(F)(C(F)(F)F)C(F)(F)F. The predicted molar refractivity (Wildman–Crippen MR) is 53.3 cm³/mol. The van der Waals surface area contributed by atoms with E-state index in [-0.39, 0.29) is 0 Å². The van der Waals surface area contributed by atoms with Crippen LogP contribution in [0.25, 0.3) is 0 Å². The average Bonchev–Trinajstić information content (AvgIpc) is 2.50. The summed E-state index contributed by atoms with van der Waals surface area (Å²) in [5.74, 6) is -56.5. The van der Waals surface area contributed by atoms with Crippen molar-refractivity contribution in [3.8, 4) is 0 Å². The van der Waals surface area contributed by atoms with Crippen molar-refractivity contribution < 1.29 is 93.3 Å². The van der Waals surface area contributed by atoms with Gasteiger partial charge in [-0.25, -0.2) is 9.18 Å². The lowest BCUT2D eigenvalue weighted by Crippen LogP contribution is -2.78. The molecule has 0 bridgehead atoms. The van der Waals surface area contributed by atoms with Gasteiger partial charge in [0, 0.05) is 0 Å². The fourth-order valence-corrected chi connectivity index (χ4v) is 1.66. The summed E-state index contributed by atoms with van der Waals surface area (Å²) in [7, 11) is 0. The average molecular weight is 514 g/mol. The van der Waals surface area contributed by atoms with Crippen LogP contribution in [0.5, 0.6) is 0 Å². The van der Waals surface area contributed by atoms with Crippen LogP contribution in [0.3, 0.4) is 0 Å². The van der Waals surface area contributed by atoms with Gasteiger partial charge in [0.15, 0.2) is 0 Å². The van der Waals surface area contributed by atoms with E-state index in [1.165, 1.54) is 0 Å². The van der Waals surface area contributed by atoms with E-state index in [4.69, 9.17) is 5.11 Å². The first-order chi connectivity index (χ1) is 12.9. The summed E-state index contributed by atoms with van der Waals surface area (Å²) in [4.78, 5) is 9.81. The Bertz CT molecular complexity index is 683. The molecular weight excluding hydrogens is 513 g/mol. The fraction of sp³-hybridized carbons (Fsp3) is 0.900. The molecule has 0 aliphatic carbocycles. The highest BCUT2D eigenvalue weighted by Gasteiger charge is 2.98. The van der Waals surface area contributed by atoms with Gasteiger partial charge >= 0.3 is 59.5 Å². The van der Waals surface area contributed by atoms with Crippen LogP contribution < -0.4 is 0 Å². The molecule has 31 heavy (non-hydrogen) atoms. The summed E-state index contributed by atoms with van der Waals surface area (Å²) in [6.07, 6.45) is -16.7. The summed E-state index contributed by atoms with van der Waals surface area (Å²) in [5, 5.41) is 7.61. The van der Waals surface area contributed by atoms with E-state index in [0.29, 0.717) is 0 Å². The summed E-state index contributed by atoms with van der Waals surface area (Å²) in [5.41, 5.74) is -8.82. The third-order valence-electron chi connectivity index (χ3n) is 3.45. The molecule has 0 aromatic carbocycles. The van der Waals surface area contributed by atoms with Crippen LogP contribution in [0.2, 0.25) is 0 Å². The van der Waals surface area contributed by atoms with Crippen molar-refractivity contribution in [3.63, 3.8) is 0 Å². The topological polar surface area (TPSA) is 37.3 Å². The lowest BCUT2D eigenvalue weighted by atomic mass is 9.83. The number of carboxylic acids is 1. The molecule has 0 unspecified atom stereocenters. The Labute approximate surface area is 154 Å². The minimum Gasteiger partial charge on any atom is -0.477 e. The zero-order chi connectivity index (χ0) is 26.1. The third kappa shape index (κ3) is 3.32. The Morgan fingerprint density at radius 2 is 0.645 bits per heavy atom. The number of carbonyl (C=O) groups is 1. The number of hydrogen-bond donors (Lipinski definition) is 1. The third-order valence-corrected chi connectivity index (χ3v) is 3.45. The van der Waals surface area contributed by atoms with Crippen molar-refractivity contribution in [2.24, 2.45) is 0 Å². The van der Waals surface area contributed by atoms with Crippen LogP contribution in [0.1, 0.15) is 0 Å². The Morgan fingerprint density at radius 1 is 0.419 bits per heavy atom. The maximum atomic E-state index is 13.2. The van der Waals surface area contributed by atoms with E-state index >= 15 is 0 Å². The van der Waals surface area contributed by atoms with E-state index in [0.717, 1.165) is 0 Å². The Hall–Kier alpha value is -1.86. The molecule has 0 saturated carbocycles. The van der Waals surface area contributed by atoms with Gasteiger partial charge in [-0.05, 0) is 0 Å². The first kappa shape index (κ1) is 29.1. The van der Waals surface area contributed by atoms with Gasteiger partial charge in [0.25, 0.3) is 0 Å². The van der Waals surface area contributed by atoms with Crippen molar-refractivity contribution in [1.29, 1.82) is 0 Å². The van der Waals surface area contributed by atoms with Crippen LogP contribution in [-0.2, 0) is 4.79 Å². The van der Waals surface area contributed by atoms with Gasteiger partial charge in [0.1, 0.15) is 0 Å². The van der Waals surface area contributed by atoms with Gasteiger partial charge < -0.3 is 5.11 Å². The first-order valence-electron chi connectivity index (χ1n) is 6.27. The Balaban J connectivity index is 7.15. The summed E-state index contributed by atoms with van der Waals surface area (Å²) in [6.45, 7) is 0. The molecule has 1 N–H and O–H groups in total. The molecule has 0 amide bonds. The molecule has 0 heterocycles. The number of halogens is 19. The number of rotatable bonds is 7. The van der Waals surface area contributed by atoms with E-state index in [2.05, 4.69) is 0 Å². The minimum atomic E-state index is -9.15. The largest absolute Gasteiger partial charge is 0.477 e. The second-order valence-corrected chi connectivity index (χ2v) is 5.41. The molecule has 0 saturated heterocycles. The Kier molecular flexibility index (Phi) is 6.41. The molecule has 0 fully saturated rings. The van der Waals surface area contributed by atoms with Crippen molar-refractivity contribution in [2.45, 2.75) is 53.6 Å². The van der Waals surface area contributed by atoms with Crippen molar-refractivity contribution in [3.05, 3.63) is 0 Å². The molecular formula is C10HF19O2. The molecule has 2 nitrogen and oxygen atoms in total. The molecule has 0 radical (unpaired) electrons. The lowest BCUT2D eigenvalue weighted by Gasteiger charge is -2.44. The second kappa shape index (κ2) is 6.82. The first-order valence-corrected chi connectivity index (χ1v) is 6.27. The van der Waals surface area contributed by atoms with Crippen LogP contribution in [0, 0.1) is 0 Å². The molecule has 0 atom stereocenters. The molecule has 0 aromatic rings. The Morgan fingerprint density at radius 3 is 0.871 bits per heavy atom. The summed E-state index contributed by atoms with van der Waals surface area (Å²) >= 11 is 0. The van der Waals surface area contributed by atoms with Crippen LogP contribution in [0.4, 0.5) is 83.4 Å². The highest BCUT2D eigenvalue weighted by Crippen LogP contribution is 2.66. The highest BCUT2D eigenvalue weighted by molar-refractivity contribution is 5.77. The van der Waals surface area contributed by atoms with Crippen molar-refractivity contribution in [1.82, 2.24) is 0 Å². The van der Waals surface area contributed by atoms with Gasteiger partial charge in [-0.3, -0.25) is 0 Å². The molecule has 21 heteroatoms. The molecule has 0 spiro atoms. The molecule has 0 aliphatic rings. The fourth-order valence-electron chi connectivity index (χ4n) is 1.66. The number of alkyl halides is 19. The second-order valence-electron chi connectivity index (χ2n) is 5.41. The van der Waals surface area contributed by atoms with Gasteiger partial charge in [-0.2, -0.15) is 79.0 Å². The summed E-state index contributed by atoms with van der Waals surface area (Å²) < 4.78 is 243. The normalized spacial score (nSPS) is 16.5. The van der Waals surface area contributed by atoms with Gasteiger partial charge in [-0.15, -0.1) is 0 Å². The number of carboxylic acid groups (broad SMARTS) is 1. The van der Waals surface area contributed by atoms with Crippen molar-refractivity contribution >= 4 is 5.97 Å². The van der Waals surface area contributed by atoms with Gasteiger partial charge in [0.2, 0.25) is 0 Å². The molecule has 0 aliphatic heterocycles. The number of aliphatic carboxylic acids is 1. The van der Waals surface area contributed by atoms with E-state index in [1.54, 1.807) is 0 Å². The van der Waals surface area contributed by atoms with Gasteiger partial charge in [-0.1, -0.05) is 0 Å². The van der Waals surface area contributed by atoms with Crippen LogP contribution in [0.15, 0.2) is 0 Å². The van der Waals surface area contributed by atoms with Crippen LogP contribution in [-0.4, -0.2) is 64.6 Å². The standard InChI is InChI=1S/C10HF19O2/c11-2(12,1(30)31)4(14,15)6(18,19)8(22,23)7(20,21)5(16,17)3(13,9(24,25)26)10(27,28)29/h(H,30,31). The quantitative estimate of drug-likeness (QED) is 0.442. The minimum absolute atomic E-state index is 4.49. The molecule has 0 rings (SSSR count). The molecule has 0 aromatic heterocycles. The smallest absolute Gasteiger partial charge is 0.438 e. The summed E-state index contributed by atoms with van der Waals surface area (Å²) in [6, 6.07) is 0. The van der Waals surface area contributed by atoms with Gasteiger partial charge in [0.05, 0.1) is 0 Å². The maximum Gasteiger partial charge on any atom is 0.438 e. The zero-order valence-electron chi connectivity index (χ0n) is 13.0. The zero-order valence-corrected chi connectivity index (χ0v) is 13.0. The monoisotopic (exact) mass is 514 g/mol. The lowest BCUT2D eigenvalue weighted by molar-refractivity contribution is -0.471. The molecule has 186 valence electrons. The van der Waals surface area contributed by atoms with Crippen LogP contribution >= 0.6 is 0 Å². The predicted octanol–water partition coefficient (Wildman–Crippen LogP) is 5.72. The van der Waals surface area contributed by atoms with E-state index < -0.39 is 59.5 Å². The van der Waals surface area contributed by atoms with E-state index in [1.807, 2.05) is 0 Å². The number of hydrogen-bond acceptors (Lipinski definition) is 1.